The van der Waals surface area contributed by atoms with Crippen molar-refractivity contribution >= 4 is 15.9 Å². The summed E-state index contributed by atoms with van der Waals surface area (Å²) in [4.78, 5) is 13.5. The molecule has 116 valence electrons. The van der Waals surface area contributed by atoms with Gasteiger partial charge in [-0.3, -0.25) is 4.79 Å². The Bertz CT molecular complexity index is 623. The Hall–Kier alpha value is -1.64. The van der Waals surface area contributed by atoms with Crippen molar-refractivity contribution in [3.8, 4) is 5.75 Å². The molecule has 1 saturated heterocycles. The summed E-state index contributed by atoms with van der Waals surface area (Å²) in [5.41, 5.74) is 0.742. The number of nitrogens with zero attached hydrogens (tertiary/aromatic N) is 1. The Labute approximate surface area is 123 Å². The molecule has 0 aliphatic carbocycles. The van der Waals surface area contributed by atoms with E-state index in [0.29, 0.717) is 26.3 Å². The van der Waals surface area contributed by atoms with Crippen molar-refractivity contribution in [3.05, 3.63) is 23.8 Å². The fourth-order valence-electron chi connectivity index (χ4n) is 2.00. The summed E-state index contributed by atoms with van der Waals surface area (Å²) >= 11 is 0. The van der Waals surface area contributed by atoms with Gasteiger partial charge in [-0.1, -0.05) is 6.07 Å². The number of hydrogen-bond acceptors (Lipinski definition) is 5. The van der Waals surface area contributed by atoms with Crippen LogP contribution in [0.3, 0.4) is 0 Å². The monoisotopic (exact) mass is 314 g/mol. The average Bonchev–Trinajstić information content (AvgIpc) is 2.45. The quantitative estimate of drug-likeness (QED) is 0.835. The number of aryl methyl sites for hydroxylation is 1. The van der Waals surface area contributed by atoms with Gasteiger partial charge in [-0.05, 0) is 24.6 Å². The van der Waals surface area contributed by atoms with Gasteiger partial charge in [0.15, 0.2) is 6.61 Å². The second-order valence-corrected chi connectivity index (χ2v) is 6.31. The number of hydrogen-bond donors (Lipinski definition) is 1. The van der Waals surface area contributed by atoms with Crippen LogP contribution in [0.4, 0.5) is 0 Å². The molecular formula is C13H18N2O5S. The summed E-state index contributed by atoms with van der Waals surface area (Å²) in [5, 5.41) is 5.16. The molecule has 1 aliphatic heterocycles. The van der Waals surface area contributed by atoms with E-state index in [0.717, 1.165) is 5.56 Å². The van der Waals surface area contributed by atoms with Crippen molar-refractivity contribution < 1.29 is 22.7 Å². The smallest absolute Gasteiger partial charge is 0.260 e. The number of nitrogens with two attached hydrogens (primary N) is 1. The Morgan fingerprint density at radius 3 is 2.67 bits per heavy atom. The molecule has 0 spiro atoms. The summed E-state index contributed by atoms with van der Waals surface area (Å²) in [7, 11) is -3.90. The molecule has 0 radical (unpaired) electrons. The normalized spacial score (nSPS) is 15.8. The minimum Gasteiger partial charge on any atom is -0.482 e. The molecule has 7 nitrogen and oxygen atoms in total. The summed E-state index contributed by atoms with van der Waals surface area (Å²) in [6, 6.07) is 4.62. The van der Waals surface area contributed by atoms with Crippen LogP contribution in [0.25, 0.3) is 0 Å². The number of primary sulfonamides is 1. The third kappa shape index (κ3) is 4.16. The first-order valence-electron chi connectivity index (χ1n) is 6.50. The molecule has 0 unspecified atom stereocenters. The summed E-state index contributed by atoms with van der Waals surface area (Å²) in [6.07, 6.45) is 0. The average molecular weight is 314 g/mol. The van der Waals surface area contributed by atoms with Gasteiger partial charge in [0.2, 0.25) is 10.0 Å². The van der Waals surface area contributed by atoms with Crippen LogP contribution in [0, 0.1) is 6.92 Å². The highest BCUT2D eigenvalue weighted by Gasteiger charge is 2.20. The van der Waals surface area contributed by atoms with Gasteiger partial charge in [-0.25, -0.2) is 13.6 Å². The zero-order valence-electron chi connectivity index (χ0n) is 11.7. The van der Waals surface area contributed by atoms with E-state index in [1.165, 1.54) is 12.1 Å². The van der Waals surface area contributed by atoms with Gasteiger partial charge in [0.05, 0.1) is 13.2 Å². The molecule has 0 aromatic heterocycles. The lowest BCUT2D eigenvalue weighted by molar-refractivity contribution is -0.137. The number of ether oxygens (including phenoxy) is 2. The topological polar surface area (TPSA) is 98.9 Å². The number of carbonyl (C=O) groups is 1. The minimum atomic E-state index is -3.90. The van der Waals surface area contributed by atoms with E-state index < -0.39 is 10.0 Å². The molecule has 21 heavy (non-hydrogen) atoms. The Morgan fingerprint density at radius 1 is 1.38 bits per heavy atom. The standard InChI is InChI=1S/C13H18N2O5S/c1-10-2-3-11(12(8-10)21(14,17)18)20-9-13(16)15-4-6-19-7-5-15/h2-3,8H,4-7,9H2,1H3,(H2,14,17,18). The van der Waals surface area contributed by atoms with Crippen LogP contribution >= 0.6 is 0 Å². The van der Waals surface area contributed by atoms with Crippen molar-refractivity contribution in [2.24, 2.45) is 5.14 Å². The maximum absolute atomic E-state index is 12.0. The van der Waals surface area contributed by atoms with E-state index in [4.69, 9.17) is 14.6 Å². The molecule has 1 aliphatic rings. The van der Waals surface area contributed by atoms with E-state index in [2.05, 4.69) is 0 Å². The van der Waals surface area contributed by atoms with Crippen LogP contribution in [-0.4, -0.2) is 52.1 Å². The number of sulfonamides is 1. The molecule has 1 heterocycles. The first kappa shape index (κ1) is 15.7. The van der Waals surface area contributed by atoms with Gasteiger partial charge in [-0.2, -0.15) is 0 Å². The van der Waals surface area contributed by atoms with Crippen LogP contribution in [0.2, 0.25) is 0 Å². The van der Waals surface area contributed by atoms with Gasteiger partial charge in [-0.15, -0.1) is 0 Å². The van der Waals surface area contributed by atoms with Gasteiger partial charge in [0.1, 0.15) is 10.6 Å². The Kier molecular flexibility index (Phi) is 4.81. The lowest BCUT2D eigenvalue weighted by Gasteiger charge is -2.26. The Balaban J connectivity index is 2.08. The predicted molar refractivity (Wildman–Crippen MR) is 75.4 cm³/mol. The molecule has 1 aromatic rings. The predicted octanol–water partition coefficient (Wildman–Crippen LogP) is -0.120. The van der Waals surface area contributed by atoms with E-state index in [1.807, 2.05) is 0 Å². The van der Waals surface area contributed by atoms with Crippen molar-refractivity contribution in [2.45, 2.75) is 11.8 Å². The lowest BCUT2D eigenvalue weighted by atomic mass is 10.2. The highest BCUT2D eigenvalue weighted by atomic mass is 32.2. The Morgan fingerprint density at radius 2 is 2.05 bits per heavy atom. The number of rotatable bonds is 4. The maximum Gasteiger partial charge on any atom is 0.260 e. The molecule has 2 rings (SSSR count). The zero-order valence-corrected chi connectivity index (χ0v) is 12.6. The number of benzene rings is 1. The molecule has 0 bridgehead atoms. The number of amides is 1. The van der Waals surface area contributed by atoms with E-state index >= 15 is 0 Å². The molecule has 1 amide bonds. The summed E-state index contributed by atoms with van der Waals surface area (Å²) < 4.78 is 33.6. The minimum absolute atomic E-state index is 0.0877. The third-order valence-corrected chi connectivity index (χ3v) is 4.05. The zero-order chi connectivity index (χ0) is 15.5. The van der Waals surface area contributed by atoms with Gasteiger partial charge >= 0.3 is 0 Å². The van der Waals surface area contributed by atoms with Gasteiger partial charge in [0.25, 0.3) is 5.91 Å². The first-order chi connectivity index (χ1) is 9.88. The van der Waals surface area contributed by atoms with Crippen LogP contribution in [-0.2, 0) is 19.6 Å². The number of morpholine rings is 1. The molecule has 2 N–H and O–H groups in total. The van der Waals surface area contributed by atoms with Crippen LogP contribution in [0.1, 0.15) is 5.56 Å². The van der Waals surface area contributed by atoms with Crippen LogP contribution in [0.15, 0.2) is 23.1 Å². The van der Waals surface area contributed by atoms with Crippen molar-refractivity contribution in [1.29, 1.82) is 0 Å². The fourth-order valence-corrected chi connectivity index (χ4v) is 2.76. The lowest BCUT2D eigenvalue weighted by Crippen LogP contribution is -2.43. The molecule has 1 fully saturated rings. The second kappa shape index (κ2) is 6.42. The van der Waals surface area contributed by atoms with E-state index in [-0.39, 0.29) is 23.2 Å². The van der Waals surface area contributed by atoms with E-state index in [1.54, 1.807) is 17.9 Å². The van der Waals surface area contributed by atoms with Crippen molar-refractivity contribution in [3.63, 3.8) is 0 Å². The molecule has 1 aromatic carbocycles. The largest absolute Gasteiger partial charge is 0.482 e. The van der Waals surface area contributed by atoms with Crippen LogP contribution < -0.4 is 9.88 Å². The summed E-state index contributed by atoms with van der Waals surface area (Å²) in [5.74, 6) is -0.121. The molecule has 0 saturated carbocycles. The second-order valence-electron chi connectivity index (χ2n) is 4.78. The molecule has 8 heteroatoms. The fraction of sp³-hybridized carbons (Fsp3) is 0.462. The first-order valence-corrected chi connectivity index (χ1v) is 8.04. The highest BCUT2D eigenvalue weighted by molar-refractivity contribution is 7.89. The third-order valence-electron chi connectivity index (χ3n) is 3.12. The van der Waals surface area contributed by atoms with Gasteiger partial charge < -0.3 is 14.4 Å². The van der Waals surface area contributed by atoms with Crippen LogP contribution in [0.5, 0.6) is 5.75 Å². The SMILES string of the molecule is Cc1ccc(OCC(=O)N2CCOCC2)c(S(N)(=O)=O)c1. The van der Waals surface area contributed by atoms with Crippen molar-refractivity contribution in [1.82, 2.24) is 4.90 Å². The van der Waals surface area contributed by atoms with Crippen molar-refractivity contribution in [2.75, 3.05) is 32.9 Å². The summed E-state index contributed by atoms with van der Waals surface area (Å²) in [6.45, 7) is 3.54. The highest BCUT2D eigenvalue weighted by Crippen LogP contribution is 2.23. The van der Waals surface area contributed by atoms with Gasteiger partial charge in [0, 0.05) is 13.1 Å². The molecular weight excluding hydrogens is 296 g/mol. The molecule has 0 atom stereocenters. The van der Waals surface area contributed by atoms with E-state index in [9.17, 15) is 13.2 Å². The maximum atomic E-state index is 12.0. The number of carbonyl (C=O) groups excluding carboxylic acids is 1.